The SMILES string of the molecule is CCCCC1(CCCC)c2cc(C)ccc2-c2ccc(/C=C/c3ccc(OCOc4ccc(/C=N/N(C)[PH](=S)Oc5ccc(C)cc5)cc4)cc3)cc21. The van der Waals surface area contributed by atoms with E-state index in [1.807, 2.05) is 74.6 Å². The highest BCUT2D eigenvalue weighted by Crippen LogP contribution is 2.54. The van der Waals surface area contributed by atoms with Gasteiger partial charge in [0.1, 0.15) is 17.2 Å². The molecule has 1 aliphatic carbocycles. The largest absolute Gasteiger partial charge is 0.458 e. The molecule has 1 unspecified atom stereocenters. The van der Waals surface area contributed by atoms with E-state index in [0.29, 0.717) is 5.75 Å². The van der Waals surface area contributed by atoms with E-state index in [1.54, 1.807) is 11.0 Å². The lowest BCUT2D eigenvalue weighted by Crippen LogP contribution is -2.25. The summed E-state index contributed by atoms with van der Waals surface area (Å²) in [5, 5.41) is 4.48. The molecule has 0 spiro atoms. The third-order valence-electron chi connectivity index (χ3n) is 10.0. The summed E-state index contributed by atoms with van der Waals surface area (Å²) < 4.78 is 19.3. The van der Waals surface area contributed by atoms with Crippen molar-refractivity contribution in [1.82, 2.24) is 4.78 Å². The average Bonchev–Trinajstić information content (AvgIpc) is 3.44. The molecule has 0 fully saturated rings. The van der Waals surface area contributed by atoms with Crippen LogP contribution in [0.15, 0.2) is 114 Å². The molecule has 5 nitrogen and oxygen atoms in total. The second-order valence-electron chi connectivity index (χ2n) is 14.0. The van der Waals surface area contributed by atoms with Gasteiger partial charge in [-0.15, -0.1) is 0 Å². The van der Waals surface area contributed by atoms with Gasteiger partial charge in [0, 0.05) is 12.5 Å². The fraction of sp³-hybridized carbons (Fsp3) is 0.283. The van der Waals surface area contributed by atoms with Crippen molar-refractivity contribution in [2.45, 2.75) is 71.6 Å². The molecule has 0 aromatic heterocycles. The number of benzene rings is 5. The van der Waals surface area contributed by atoms with Crippen LogP contribution in [0.3, 0.4) is 0 Å². The van der Waals surface area contributed by atoms with Crippen LogP contribution >= 0.6 is 7.07 Å². The van der Waals surface area contributed by atoms with Crippen LogP contribution in [-0.2, 0) is 17.2 Å². The maximum atomic E-state index is 5.90. The van der Waals surface area contributed by atoms with Crippen LogP contribution in [0, 0.1) is 13.8 Å². The maximum absolute atomic E-state index is 5.90. The van der Waals surface area contributed by atoms with Crippen molar-refractivity contribution in [3.63, 3.8) is 0 Å². The first kappa shape index (κ1) is 38.1. The average molecular weight is 743 g/mol. The standard InChI is InChI=1S/C46H51N2O3PS/c1-6-8-28-46(29-9-7-2)44-30-35(4)12-26-42(44)43-27-19-37(31-45(43)46)14-13-36-15-22-39(23-16-36)49-33-50-40-24-17-38(18-25-40)32-47-48(5)52(53)51-41-20-10-34(3)11-21-41/h10-27,30-32,52H,6-9,28-29,33H2,1-5H3/b14-13+,47-32+. The molecule has 0 amide bonds. The maximum Gasteiger partial charge on any atom is 0.230 e. The molecule has 1 atom stereocenters. The summed E-state index contributed by atoms with van der Waals surface area (Å²) in [5.74, 6) is 2.23. The molecule has 53 heavy (non-hydrogen) atoms. The molecule has 0 bridgehead atoms. The van der Waals surface area contributed by atoms with Crippen LogP contribution in [0.25, 0.3) is 23.3 Å². The Morgan fingerprint density at radius 2 is 1.15 bits per heavy atom. The Morgan fingerprint density at radius 3 is 1.77 bits per heavy atom. The predicted molar refractivity (Wildman–Crippen MR) is 227 cm³/mol. The number of fused-ring (bicyclic) bond motifs is 3. The van der Waals surface area contributed by atoms with Crippen molar-refractivity contribution >= 4 is 37.2 Å². The first-order valence-electron chi connectivity index (χ1n) is 18.7. The zero-order valence-corrected chi connectivity index (χ0v) is 33.4. The lowest BCUT2D eigenvalue weighted by molar-refractivity contribution is 0.120. The number of unbranched alkanes of at least 4 members (excludes halogenated alkanes) is 2. The Bertz CT molecular complexity index is 2050. The summed E-state index contributed by atoms with van der Waals surface area (Å²) in [6.07, 6.45) is 13.5. The Hall–Kier alpha value is -4.64. The molecule has 6 rings (SSSR count). The highest BCUT2D eigenvalue weighted by atomic mass is 32.4. The van der Waals surface area contributed by atoms with Gasteiger partial charge in [-0.05, 0) is 126 Å². The molecule has 0 aliphatic heterocycles. The Labute approximate surface area is 321 Å². The number of aryl methyl sites for hydroxylation is 2. The van der Waals surface area contributed by atoms with E-state index in [1.165, 1.54) is 77.5 Å². The third kappa shape index (κ3) is 9.48. The van der Waals surface area contributed by atoms with Gasteiger partial charge in [-0.3, -0.25) is 0 Å². The number of hydrogen-bond donors (Lipinski definition) is 0. The van der Waals surface area contributed by atoms with Crippen LogP contribution in [0.1, 0.15) is 91.3 Å². The van der Waals surface area contributed by atoms with Crippen LogP contribution < -0.4 is 14.0 Å². The minimum Gasteiger partial charge on any atom is -0.458 e. The molecule has 5 aromatic carbocycles. The second kappa shape index (κ2) is 17.9. The van der Waals surface area contributed by atoms with Crippen LogP contribution in [0.2, 0.25) is 0 Å². The molecule has 5 aromatic rings. The highest BCUT2D eigenvalue weighted by molar-refractivity contribution is 8.02. The molecular formula is C46H51N2O3PS. The first-order chi connectivity index (χ1) is 25.8. The van der Waals surface area contributed by atoms with Crippen LogP contribution in [0.4, 0.5) is 0 Å². The lowest BCUT2D eigenvalue weighted by Gasteiger charge is -2.33. The van der Waals surface area contributed by atoms with Gasteiger partial charge in [-0.2, -0.15) is 5.10 Å². The van der Waals surface area contributed by atoms with E-state index in [-0.39, 0.29) is 12.2 Å². The van der Waals surface area contributed by atoms with Crippen molar-refractivity contribution in [3.05, 3.63) is 148 Å². The Morgan fingerprint density at radius 1 is 0.642 bits per heavy atom. The van der Waals surface area contributed by atoms with Gasteiger partial charge in [0.05, 0.1) is 6.21 Å². The van der Waals surface area contributed by atoms with E-state index in [0.717, 1.165) is 22.6 Å². The zero-order valence-electron chi connectivity index (χ0n) is 31.6. The van der Waals surface area contributed by atoms with Gasteiger partial charge < -0.3 is 14.0 Å². The fourth-order valence-corrected chi connectivity index (χ4v) is 8.06. The number of nitrogens with zero attached hydrogens (tertiary/aromatic N) is 2. The minimum absolute atomic E-state index is 0.0925. The quantitative estimate of drug-likeness (QED) is 0.0312. The normalized spacial score (nSPS) is 13.5. The summed E-state index contributed by atoms with van der Waals surface area (Å²) >= 11 is 5.55. The summed E-state index contributed by atoms with van der Waals surface area (Å²) in [6.45, 7) is 9.00. The van der Waals surface area contributed by atoms with E-state index in [9.17, 15) is 0 Å². The molecule has 0 radical (unpaired) electrons. The molecule has 1 aliphatic rings. The van der Waals surface area contributed by atoms with Crippen molar-refractivity contribution in [3.8, 4) is 28.4 Å². The third-order valence-corrected chi connectivity index (χ3v) is 12.1. The predicted octanol–water partition coefficient (Wildman–Crippen LogP) is 12.4. The van der Waals surface area contributed by atoms with Gasteiger partial charge in [0.15, 0.2) is 0 Å². The van der Waals surface area contributed by atoms with Crippen molar-refractivity contribution in [1.29, 1.82) is 0 Å². The van der Waals surface area contributed by atoms with E-state index >= 15 is 0 Å². The zero-order chi connectivity index (χ0) is 37.2. The van der Waals surface area contributed by atoms with Crippen molar-refractivity contribution in [2.24, 2.45) is 5.10 Å². The van der Waals surface area contributed by atoms with E-state index in [4.69, 9.17) is 25.8 Å². The van der Waals surface area contributed by atoms with Crippen LogP contribution in [0.5, 0.6) is 17.2 Å². The van der Waals surface area contributed by atoms with Crippen molar-refractivity contribution < 1.29 is 14.0 Å². The van der Waals surface area contributed by atoms with Crippen molar-refractivity contribution in [2.75, 3.05) is 13.8 Å². The number of hydrazone groups is 1. The number of rotatable bonds is 17. The Balaban J connectivity index is 1.03. The summed E-state index contributed by atoms with van der Waals surface area (Å²) in [4.78, 5) is 0. The molecule has 7 heteroatoms. The molecule has 0 N–H and O–H groups in total. The van der Waals surface area contributed by atoms with Gasteiger partial charge in [-0.1, -0.05) is 123 Å². The highest BCUT2D eigenvalue weighted by Gasteiger charge is 2.42. The summed E-state index contributed by atoms with van der Waals surface area (Å²) in [7, 11) is 0.123. The molecule has 0 heterocycles. The summed E-state index contributed by atoms with van der Waals surface area (Å²) in [6, 6.07) is 37.8. The Kier molecular flexibility index (Phi) is 12.9. The smallest absolute Gasteiger partial charge is 0.230 e. The fourth-order valence-electron chi connectivity index (χ4n) is 7.01. The molecule has 274 valence electrons. The van der Waals surface area contributed by atoms with Gasteiger partial charge in [0.2, 0.25) is 13.9 Å². The molecule has 0 saturated heterocycles. The lowest BCUT2D eigenvalue weighted by atomic mass is 9.70. The molecular weight excluding hydrogens is 692 g/mol. The van der Waals surface area contributed by atoms with Gasteiger partial charge >= 0.3 is 0 Å². The minimum atomic E-state index is -1.71. The van der Waals surface area contributed by atoms with E-state index < -0.39 is 7.07 Å². The number of hydrogen-bond acceptors (Lipinski definition) is 5. The number of ether oxygens (including phenoxy) is 2. The molecule has 0 saturated carbocycles. The topological polar surface area (TPSA) is 43.3 Å². The summed E-state index contributed by atoms with van der Waals surface area (Å²) in [5.41, 5.74) is 11.8. The van der Waals surface area contributed by atoms with Crippen LogP contribution in [-0.4, -0.2) is 24.8 Å². The monoisotopic (exact) mass is 742 g/mol. The van der Waals surface area contributed by atoms with Gasteiger partial charge in [-0.25, -0.2) is 4.78 Å². The first-order valence-corrected chi connectivity index (χ1v) is 21.2. The van der Waals surface area contributed by atoms with E-state index in [2.05, 4.69) is 86.6 Å². The van der Waals surface area contributed by atoms with Gasteiger partial charge in [0.25, 0.3) is 0 Å². The second-order valence-corrected chi connectivity index (χ2v) is 16.4.